The van der Waals surface area contributed by atoms with Gasteiger partial charge in [-0.25, -0.2) is 15.0 Å². The van der Waals surface area contributed by atoms with Crippen molar-refractivity contribution in [3.8, 4) is 5.82 Å². The molecular formula is C17H15F3N6O. The number of aromatic nitrogens is 4. The number of imidazole rings is 1. The third kappa shape index (κ3) is 4.60. The lowest BCUT2D eigenvalue weighted by Crippen LogP contribution is -2.29. The van der Waals surface area contributed by atoms with Crippen molar-refractivity contribution in [2.24, 2.45) is 0 Å². The zero-order chi connectivity index (χ0) is 19.3. The fourth-order valence-electron chi connectivity index (χ4n) is 2.33. The Balaban J connectivity index is 1.56. The first-order valence-corrected chi connectivity index (χ1v) is 7.94. The zero-order valence-electron chi connectivity index (χ0n) is 13.9. The minimum absolute atomic E-state index is 0.0886. The summed E-state index contributed by atoms with van der Waals surface area (Å²) in [5.74, 6) is -0.107. The van der Waals surface area contributed by atoms with Crippen LogP contribution in [0.25, 0.3) is 5.82 Å². The van der Waals surface area contributed by atoms with E-state index in [1.54, 1.807) is 35.4 Å². The summed E-state index contributed by atoms with van der Waals surface area (Å²) in [5.41, 5.74) is -0.474. The van der Waals surface area contributed by atoms with Crippen molar-refractivity contribution in [3.63, 3.8) is 0 Å². The summed E-state index contributed by atoms with van der Waals surface area (Å²) in [6, 6.07) is 5.30. The highest BCUT2D eigenvalue weighted by Gasteiger charge is 2.33. The summed E-state index contributed by atoms with van der Waals surface area (Å²) in [5, 5.41) is 5.23. The normalized spacial score (nSPS) is 11.2. The van der Waals surface area contributed by atoms with Gasteiger partial charge < -0.3 is 10.6 Å². The summed E-state index contributed by atoms with van der Waals surface area (Å²) in [7, 11) is 0. The fourth-order valence-corrected chi connectivity index (χ4v) is 2.33. The largest absolute Gasteiger partial charge is 0.419 e. The van der Waals surface area contributed by atoms with Gasteiger partial charge in [0, 0.05) is 43.4 Å². The Morgan fingerprint density at radius 3 is 2.70 bits per heavy atom. The van der Waals surface area contributed by atoms with Crippen LogP contribution >= 0.6 is 0 Å². The molecule has 1 amide bonds. The average molecular weight is 376 g/mol. The number of amides is 1. The highest BCUT2D eigenvalue weighted by atomic mass is 19.4. The fraction of sp³-hybridized carbons (Fsp3) is 0.176. The van der Waals surface area contributed by atoms with Crippen LogP contribution in [-0.4, -0.2) is 38.5 Å². The highest BCUT2D eigenvalue weighted by Crippen LogP contribution is 2.33. The van der Waals surface area contributed by atoms with Crippen LogP contribution in [0.15, 0.2) is 55.4 Å². The van der Waals surface area contributed by atoms with Crippen LogP contribution in [0.1, 0.15) is 15.9 Å². The molecule has 7 nitrogen and oxygen atoms in total. The van der Waals surface area contributed by atoms with Gasteiger partial charge in [-0.15, -0.1) is 0 Å². The van der Waals surface area contributed by atoms with Gasteiger partial charge in [0.1, 0.15) is 18.0 Å². The second-order valence-electron chi connectivity index (χ2n) is 5.45. The molecule has 0 aliphatic heterocycles. The van der Waals surface area contributed by atoms with Crippen LogP contribution in [0.5, 0.6) is 0 Å². The smallest absolute Gasteiger partial charge is 0.368 e. The first-order chi connectivity index (χ1) is 12.9. The third-order valence-electron chi connectivity index (χ3n) is 3.59. The lowest BCUT2D eigenvalue weighted by atomic mass is 10.2. The maximum Gasteiger partial charge on any atom is 0.419 e. The molecule has 2 N–H and O–H groups in total. The second-order valence-corrected chi connectivity index (χ2v) is 5.45. The molecule has 3 aromatic rings. The van der Waals surface area contributed by atoms with E-state index in [-0.39, 0.29) is 24.8 Å². The average Bonchev–Trinajstić information content (AvgIpc) is 3.19. The van der Waals surface area contributed by atoms with Crippen molar-refractivity contribution >= 4 is 11.7 Å². The molecule has 27 heavy (non-hydrogen) atoms. The molecule has 0 bridgehead atoms. The van der Waals surface area contributed by atoms with Crippen molar-refractivity contribution in [1.29, 1.82) is 0 Å². The summed E-state index contributed by atoms with van der Waals surface area (Å²) >= 11 is 0. The summed E-state index contributed by atoms with van der Waals surface area (Å²) < 4.78 is 40.3. The van der Waals surface area contributed by atoms with Crippen molar-refractivity contribution in [3.05, 3.63) is 66.5 Å². The minimum atomic E-state index is -4.50. The van der Waals surface area contributed by atoms with Crippen molar-refractivity contribution in [2.45, 2.75) is 6.18 Å². The first-order valence-electron chi connectivity index (χ1n) is 7.94. The molecule has 0 fully saturated rings. The van der Waals surface area contributed by atoms with E-state index in [1.165, 1.54) is 18.5 Å². The van der Waals surface area contributed by atoms with Gasteiger partial charge in [-0.1, -0.05) is 0 Å². The predicted molar refractivity (Wildman–Crippen MR) is 91.4 cm³/mol. The maximum atomic E-state index is 12.9. The molecule has 0 atom stereocenters. The highest BCUT2D eigenvalue weighted by molar-refractivity contribution is 5.94. The Bertz CT molecular complexity index is 911. The maximum absolute atomic E-state index is 12.9. The van der Waals surface area contributed by atoms with Gasteiger partial charge in [-0.2, -0.15) is 13.2 Å². The Morgan fingerprint density at radius 1 is 1.11 bits per heavy atom. The predicted octanol–water partition coefficient (Wildman–Crippen LogP) is 2.52. The van der Waals surface area contributed by atoms with Crippen molar-refractivity contribution in [1.82, 2.24) is 24.8 Å². The Kier molecular flexibility index (Phi) is 5.34. The minimum Gasteiger partial charge on any atom is -0.368 e. The van der Waals surface area contributed by atoms with Gasteiger partial charge in [0.25, 0.3) is 5.91 Å². The molecule has 0 radical (unpaired) electrons. The molecule has 0 unspecified atom stereocenters. The van der Waals surface area contributed by atoms with Crippen molar-refractivity contribution < 1.29 is 18.0 Å². The summed E-state index contributed by atoms with van der Waals surface area (Å²) in [4.78, 5) is 24.0. The molecule has 0 saturated heterocycles. The van der Waals surface area contributed by atoms with Crippen LogP contribution in [-0.2, 0) is 6.18 Å². The number of rotatable bonds is 6. The number of nitrogens with zero attached hydrogens (tertiary/aromatic N) is 4. The number of hydrogen-bond donors (Lipinski definition) is 2. The van der Waals surface area contributed by atoms with Gasteiger partial charge >= 0.3 is 6.18 Å². The van der Waals surface area contributed by atoms with E-state index in [4.69, 9.17) is 0 Å². The van der Waals surface area contributed by atoms with E-state index in [0.29, 0.717) is 11.4 Å². The summed E-state index contributed by atoms with van der Waals surface area (Å²) in [6.45, 7) is 0.209. The van der Waals surface area contributed by atoms with Crippen LogP contribution in [0, 0.1) is 0 Å². The van der Waals surface area contributed by atoms with Crippen LogP contribution in [0.3, 0.4) is 0 Å². The molecule has 0 aliphatic rings. The first kappa shape index (κ1) is 18.4. The second kappa shape index (κ2) is 7.85. The van der Waals surface area contributed by atoms with Gasteiger partial charge in [-0.3, -0.25) is 9.36 Å². The van der Waals surface area contributed by atoms with Crippen LogP contribution in [0.4, 0.5) is 19.0 Å². The van der Waals surface area contributed by atoms with Gasteiger partial charge in [0.2, 0.25) is 0 Å². The summed E-state index contributed by atoms with van der Waals surface area (Å²) in [6.07, 6.45) is 3.10. The molecular weight excluding hydrogens is 361 g/mol. The number of halogens is 3. The van der Waals surface area contributed by atoms with E-state index >= 15 is 0 Å². The van der Waals surface area contributed by atoms with Gasteiger partial charge in [-0.05, 0) is 24.3 Å². The SMILES string of the molecule is O=C(NCCNc1ncccc1C(F)(F)F)c1ccnc(-n2ccnc2)c1. The van der Waals surface area contributed by atoms with E-state index in [2.05, 4.69) is 25.6 Å². The Labute approximate surface area is 152 Å². The standard InChI is InChI=1S/C17H15F3N6O/c18-17(19,20)13-2-1-4-23-15(13)24-6-7-25-16(27)12-3-5-22-14(10-12)26-9-8-21-11-26/h1-5,8-11H,6-7H2,(H,23,24)(H,25,27). The molecule has 3 rings (SSSR count). The van der Waals surface area contributed by atoms with Gasteiger partial charge in [0.05, 0.1) is 5.56 Å². The molecule has 0 aromatic carbocycles. The topological polar surface area (TPSA) is 84.7 Å². The number of nitrogens with one attached hydrogen (secondary N) is 2. The Morgan fingerprint density at radius 2 is 1.96 bits per heavy atom. The molecule has 0 aliphatic carbocycles. The monoisotopic (exact) mass is 376 g/mol. The van der Waals surface area contributed by atoms with Crippen LogP contribution in [0.2, 0.25) is 0 Å². The van der Waals surface area contributed by atoms with Gasteiger partial charge in [0.15, 0.2) is 0 Å². The van der Waals surface area contributed by atoms with E-state index in [0.717, 1.165) is 6.07 Å². The molecule has 10 heteroatoms. The number of pyridine rings is 2. The lowest BCUT2D eigenvalue weighted by molar-refractivity contribution is -0.137. The number of alkyl halides is 3. The lowest BCUT2D eigenvalue weighted by Gasteiger charge is -2.13. The van der Waals surface area contributed by atoms with Crippen molar-refractivity contribution in [2.75, 3.05) is 18.4 Å². The number of anilines is 1. The number of carbonyl (C=O) groups excluding carboxylic acids is 1. The zero-order valence-corrected chi connectivity index (χ0v) is 13.9. The Hall–Kier alpha value is -3.43. The van der Waals surface area contributed by atoms with Crippen LogP contribution < -0.4 is 10.6 Å². The molecule has 0 spiro atoms. The molecule has 3 heterocycles. The van der Waals surface area contributed by atoms with E-state index in [9.17, 15) is 18.0 Å². The van der Waals surface area contributed by atoms with E-state index in [1.807, 2.05) is 0 Å². The quantitative estimate of drug-likeness (QED) is 0.646. The third-order valence-corrected chi connectivity index (χ3v) is 3.59. The molecule has 3 aromatic heterocycles. The number of carbonyl (C=O) groups is 1. The molecule has 140 valence electrons. The number of hydrogen-bond acceptors (Lipinski definition) is 5. The van der Waals surface area contributed by atoms with E-state index < -0.39 is 11.7 Å². The molecule has 0 saturated carbocycles.